The maximum absolute atomic E-state index is 12.9. The van der Waals surface area contributed by atoms with Crippen LogP contribution in [0.3, 0.4) is 0 Å². The first-order valence-electron chi connectivity index (χ1n) is 10.8. The third-order valence-corrected chi connectivity index (χ3v) is 7.62. The largest absolute Gasteiger partial charge is 0.493 e. The molecule has 1 aliphatic rings. The number of ether oxygens (including phenoxy) is 2. The monoisotopic (exact) mass is 477 g/mol. The predicted molar refractivity (Wildman–Crippen MR) is 131 cm³/mol. The lowest BCUT2D eigenvalue weighted by atomic mass is 10.1. The van der Waals surface area contributed by atoms with Gasteiger partial charge in [-0.2, -0.15) is 4.31 Å². The minimum atomic E-state index is -3.45. The fraction of sp³-hybridized carbons (Fsp3) is 0.435. The van der Waals surface area contributed by atoms with Gasteiger partial charge < -0.3 is 20.1 Å². The molecule has 2 aromatic carbocycles. The molecule has 1 fully saturated rings. The van der Waals surface area contributed by atoms with Crippen molar-refractivity contribution < 1.29 is 17.9 Å². The van der Waals surface area contributed by atoms with Crippen LogP contribution in [0, 0.1) is 0 Å². The van der Waals surface area contributed by atoms with Gasteiger partial charge in [-0.3, -0.25) is 0 Å². The maximum Gasteiger partial charge on any atom is 0.243 e. The molecule has 0 spiro atoms. The minimum Gasteiger partial charge on any atom is -0.493 e. The van der Waals surface area contributed by atoms with E-state index in [0.717, 1.165) is 43.4 Å². The van der Waals surface area contributed by atoms with Gasteiger partial charge in [0, 0.05) is 25.3 Å². The molecule has 1 saturated heterocycles. The molecule has 174 valence electrons. The molecule has 0 amide bonds. The molecule has 32 heavy (non-hydrogen) atoms. The summed E-state index contributed by atoms with van der Waals surface area (Å²) in [4.78, 5) is 0.317. The van der Waals surface area contributed by atoms with Crippen molar-refractivity contribution >= 4 is 33.0 Å². The van der Waals surface area contributed by atoms with Crippen molar-refractivity contribution in [3.8, 4) is 11.5 Å². The molecule has 2 aromatic rings. The summed E-state index contributed by atoms with van der Waals surface area (Å²) in [6.07, 6.45) is 4.77. The molecule has 0 unspecified atom stereocenters. The summed E-state index contributed by atoms with van der Waals surface area (Å²) in [6.45, 7) is 1.83. The lowest BCUT2D eigenvalue weighted by Crippen LogP contribution is -2.32. The predicted octanol–water partition coefficient (Wildman–Crippen LogP) is 3.80. The van der Waals surface area contributed by atoms with E-state index in [4.69, 9.17) is 21.7 Å². The molecule has 0 aliphatic carbocycles. The molecule has 9 heteroatoms. The van der Waals surface area contributed by atoms with E-state index in [-0.39, 0.29) is 0 Å². The van der Waals surface area contributed by atoms with Crippen LogP contribution in [0.4, 0.5) is 5.69 Å². The quantitative estimate of drug-likeness (QED) is 0.560. The Hall–Kier alpha value is -2.36. The third kappa shape index (κ3) is 6.34. The number of rotatable bonds is 8. The van der Waals surface area contributed by atoms with Gasteiger partial charge >= 0.3 is 0 Å². The van der Waals surface area contributed by atoms with Gasteiger partial charge in [0.15, 0.2) is 16.6 Å². The minimum absolute atomic E-state index is 0.317. The number of sulfonamides is 1. The zero-order chi connectivity index (χ0) is 23.0. The molecule has 3 rings (SSSR count). The number of nitrogens with zero attached hydrogens (tertiary/aromatic N) is 1. The van der Waals surface area contributed by atoms with E-state index < -0.39 is 10.0 Å². The number of hydrogen-bond acceptors (Lipinski definition) is 5. The third-order valence-electron chi connectivity index (χ3n) is 5.46. The maximum atomic E-state index is 12.9. The van der Waals surface area contributed by atoms with Crippen LogP contribution in [0.1, 0.15) is 31.2 Å². The SMILES string of the molecule is COc1ccc(CCNC(=S)Nc2ccc(S(=O)(=O)N3CCCCCC3)cc2)cc1OC. The normalized spacial score (nSPS) is 14.9. The van der Waals surface area contributed by atoms with Gasteiger partial charge in [-0.1, -0.05) is 18.9 Å². The highest BCUT2D eigenvalue weighted by molar-refractivity contribution is 7.89. The van der Waals surface area contributed by atoms with E-state index in [1.165, 1.54) is 0 Å². The summed E-state index contributed by atoms with van der Waals surface area (Å²) in [5.41, 5.74) is 1.84. The Morgan fingerprint density at radius 3 is 2.25 bits per heavy atom. The van der Waals surface area contributed by atoms with Crippen LogP contribution < -0.4 is 20.1 Å². The molecule has 1 heterocycles. The van der Waals surface area contributed by atoms with Crippen molar-refractivity contribution in [1.82, 2.24) is 9.62 Å². The van der Waals surface area contributed by atoms with Crippen molar-refractivity contribution in [2.45, 2.75) is 37.0 Å². The van der Waals surface area contributed by atoms with Crippen molar-refractivity contribution in [2.24, 2.45) is 0 Å². The summed E-state index contributed by atoms with van der Waals surface area (Å²) in [5, 5.41) is 6.76. The van der Waals surface area contributed by atoms with Crippen LogP contribution in [0.2, 0.25) is 0 Å². The number of methoxy groups -OCH3 is 2. The molecule has 0 aromatic heterocycles. The Morgan fingerprint density at radius 2 is 1.62 bits per heavy atom. The second-order valence-corrected chi connectivity index (χ2v) is 10.0. The molecule has 1 aliphatic heterocycles. The van der Waals surface area contributed by atoms with Crippen LogP contribution in [-0.2, 0) is 16.4 Å². The first-order valence-corrected chi connectivity index (χ1v) is 12.6. The van der Waals surface area contributed by atoms with Crippen molar-refractivity contribution in [2.75, 3.05) is 39.2 Å². The smallest absolute Gasteiger partial charge is 0.243 e. The fourth-order valence-corrected chi connectivity index (χ4v) is 5.41. The van der Waals surface area contributed by atoms with Gasteiger partial charge in [-0.05, 0) is 73.4 Å². The van der Waals surface area contributed by atoms with E-state index >= 15 is 0 Å². The molecule has 0 saturated carbocycles. The second-order valence-electron chi connectivity index (χ2n) is 7.66. The van der Waals surface area contributed by atoms with Crippen LogP contribution in [0.5, 0.6) is 11.5 Å². The number of nitrogens with one attached hydrogen (secondary N) is 2. The Kier molecular flexibility index (Phi) is 8.72. The lowest BCUT2D eigenvalue weighted by Gasteiger charge is -2.20. The number of thiocarbonyl (C=S) groups is 1. The highest BCUT2D eigenvalue weighted by Crippen LogP contribution is 2.27. The average Bonchev–Trinajstić information content (AvgIpc) is 3.09. The van der Waals surface area contributed by atoms with Crippen LogP contribution in [0.25, 0.3) is 0 Å². The average molecular weight is 478 g/mol. The second kappa shape index (κ2) is 11.5. The highest BCUT2D eigenvalue weighted by atomic mass is 32.2. The van der Waals surface area contributed by atoms with Gasteiger partial charge in [0.1, 0.15) is 0 Å². The zero-order valence-electron chi connectivity index (χ0n) is 18.6. The van der Waals surface area contributed by atoms with E-state index in [2.05, 4.69) is 10.6 Å². The molecule has 0 atom stereocenters. The van der Waals surface area contributed by atoms with Crippen LogP contribution >= 0.6 is 12.2 Å². The van der Waals surface area contributed by atoms with Crippen molar-refractivity contribution in [3.63, 3.8) is 0 Å². The zero-order valence-corrected chi connectivity index (χ0v) is 20.2. The lowest BCUT2D eigenvalue weighted by molar-refractivity contribution is 0.354. The number of benzene rings is 2. The highest BCUT2D eigenvalue weighted by Gasteiger charge is 2.24. The van der Waals surface area contributed by atoms with E-state index in [0.29, 0.717) is 41.1 Å². The Labute approximate surface area is 196 Å². The first-order chi connectivity index (χ1) is 15.4. The Bertz CT molecular complexity index is 1000. The van der Waals surface area contributed by atoms with Gasteiger partial charge in [0.25, 0.3) is 0 Å². The van der Waals surface area contributed by atoms with Crippen LogP contribution in [-0.4, -0.2) is 51.7 Å². The standard InChI is InChI=1S/C23H31N3O4S2/c1-29-21-12-7-18(17-22(21)30-2)13-14-24-23(31)25-19-8-10-20(11-9-19)32(27,28)26-15-5-3-4-6-16-26/h7-12,17H,3-6,13-16H2,1-2H3,(H2,24,25,31). The molecule has 0 radical (unpaired) electrons. The van der Waals surface area contributed by atoms with E-state index in [1.54, 1.807) is 42.8 Å². The van der Waals surface area contributed by atoms with Crippen LogP contribution in [0.15, 0.2) is 47.4 Å². The first kappa shape index (κ1) is 24.3. The number of anilines is 1. The summed E-state index contributed by atoms with van der Waals surface area (Å²) in [5.74, 6) is 1.39. The molecule has 7 nitrogen and oxygen atoms in total. The van der Waals surface area contributed by atoms with Crippen molar-refractivity contribution in [1.29, 1.82) is 0 Å². The Balaban J connectivity index is 1.51. The van der Waals surface area contributed by atoms with Gasteiger partial charge in [0.2, 0.25) is 10.0 Å². The Morgan fingerprint density at radius 1 is 0.969 bits per heavy atom. The van der Waals surface area contributed by atoms with E-state index in [1.807, 2.05) is 18.2 Å². The molecule has 0 bridgehead atoms. The fourth-order valence-electron chi connectivity index (χ4n) is 3.67. The van der Waals surface area contributed by atoms with Crippen molar-refractivity contribution in [3.05, 3.63) is 48.0 Å². The summed E-state index contributed by atoms with van der Waals surface area (Å²) >= 11 is 5.37. The van der Waals surface area contributed by atoms with E-state index in [9.17, 15) is 8.42 Å². The van der Waals surface area contributed by atoms with Gasteiger partial charge in [0.05, 0.1) is 19.1 Å². The van der Waals surface area contributed by atoms with Gasteiger partial charge in [-0.25, -0.2) is 8.42 Å². The summed E-state index contributed by atoms with van der Waals surface area (Å²) < 4.78 is 38.0. The molecule has 2 N–H and O–H groups in total. The van der Waals surface area contributed by atoms with Gasteiger partial charge in [-0.15, -0.1) is 0 Å². The number of hydrogen-bond donors (Lipinski definition) is 2. The summed E-state index contributed by atoms with van der Waals surface area (Å²) in [7, 11) is -0.223. The molecular weight excluding hydrogens is 446 g/mol. The molecular formula is C23H31N3O4S2. The summed E-state index contributed by atoms with van der Waals surface area (Å²) in [6, 6.07) is 12.6. The topological polar surface area (TPSA) is 79.9 Å².